The zero-order valence-electron chi connectivity index (χ0n) is 15.9. The molecule has 0 N–H and O–H groups in total. The lowest BCUT2D eigenvalue weighted by molar-refractivity contribution is -0.00647. The largest absolute Gasteiger partial charge is 0.454 e. The lowest BCUT2D eigenvalue weighted by Gasteiger charge is -2.37. The maximum absolute atomic E-state index is 6.38. The topological polar surface area (TPSA) is 55.4 Å². The molecule has 0 aromatic heterocycles. The molecule has 0 bridgehead atoms. The van der Waals surface area contributed by atoms with Crippen molar-refractivity contribution < 1.29 is 28.4 Å². The first kappa shape index (κ1) is 16.5. The van der Waals surface area contributed by atoms with E-state index in [9.17, 15) is 0 Å². The molecule has 6 rings (SSSR count). The third-order valence-electron chi connectivity index (χ3n) is 6.96. The third kappa shape index (κ3) is 2.05. The van der Waals surface area contributed by atoms with Gasteiger partial charge in [0.05, 0.1) is 25.4 Å². The summed E-state index contributed by atoms with van der Waals surface area (Å²) >= 11 is 0. The van der Waals surface area contributed by atoms with Crippen molar-refractivity contribution in [1.82, 2.24) is 0 Å². The number of fused-ring (bicyclic) bond motifs is 3. The summed E-state index contributed by atoms with van der Waals surface area (Å²) in [7, 11) is 0. The van der Waals surface area contributed by atoms with E-state index >= 15 is 0 Å². The van der Waals surface area contributed by atoms with E-state index in [4.69, 9.17) is 28.4 Å². The second-order valence-electron chi connectivity index (χ2n) is 8.44. The molecule has 2 fully saturated rings. The van der Waals surface area contributed by atoms with Crippen molar-refractivity contribution in [2.45, 2.75) is 26.1 Å². The van der Waals surface area contributed by atoms with Gasteiger partial charge in [-0.25, -0.2) is 0 Å². The summed E-state index contributed by atoms with van der Waals surface area (Å²) in [6.07, 6.45) is -0.128. The molecule has 4 aliphatic rings. The highest BCUT2D eigenvalue weighted by Gasteiger charge is 2.64. The van der Waals surface area contributed by atoms with Crippen molar-refractivity contribution in [3.63, 3.8) is 0 Å². The Labute approximate surface area is 163 Å². The molecule has 0 amide bonds. The van der Waals surface area contributed by atoms with Gasteiger partial charge >= 0.3 is 0 Å². The van der Waals surface area contributed by atoms with E-state index in [-0.39, 0.29) is 36.6 Å². The SMILES string of the molecule is CC12COC(c3ccc4c(c3)OCO4)C1(C)COC2c1ccc2c(c1)OCO2. The van der Waals surface area contributed by atoms with Crippen LogP contribution in [-0.4, -0.2) is 26.8 Å². The Morgan fingerprint density at radius 3 is 1.54 bits per heavy atom. The van der Waals surface area contributed by atoms with Crippen molar-refractivity contribution >= 4 is 0 Å². The summed E-state index contributed by atoms with van der Waals surface area (Å²) in [6.45, 7) is 6.33. The fourth-order valence-corrected chi connectivity index (χ4v) is 5.04. The van der Waals surface area contributed by atoms with Crippen molar-refractivity contribution in [2.75, 3.05) is 26.8 Å². The van der Waals surface area contributed by atoms with Crippen LogP contribution in [0.3, 0.4) is 0 Å². The molecule has 2 aromatic carbocycles. The van der Waals surface area contributed by atoms with Crippen LogP contribution in [0.2, 0.25) is 0 Å². The van der Waals surface area contributed by atoms with Crippen LogP contribution in [0.4, 0.5) is 0 Å². The average Bonchev–Trinajstić information content (AvgIpc) is 3.43. The highest BCUT2D eigenvalue weighted by Crippen LogP contribution is 2.66. The van der Waals surface area contributed by atoms with Gasteiger partial charge in [-0.05, 0) is 35.4 Å². The van der Waals surface area contributed by atoms with Crippen molar-refractivity contribution in [3.05, 3.63) is 47.5 Å². The average molecular weight is 382 g/mol. The smallest absolute Gasteiger partial charge is 0.231 e. The number of hydrogen-bond acceptors (Lipinski definition) is 6. The second kappa shape index (κ2) is 5.55. The first-order chi connectivity index (χ1) is 13.6. The first-order valence-electron chi connectivity index (χ1n) is 9.61. The molecular weight excluding hydrogens is 360 g/mol. The van der Waals surface area contributed by atoms with E-state index in [0.29, 0.717) is 13.2 Å². The number of hydrogen-bond donors (Lipinski definition) is 0. The molecular formula is C22H22O6. The van der Waals surface area contributed by atoms with Crippen LogP contribution in [0.5, 0.6) is 23.0 Å². The molecule has 0 aliphatic carbocycles. The van der Waals surface area contributed by atoms with E-state index in [1.165, 1.54) is 0 Å². The van der Waals surface area contributed by atoms with Crippen molar-refractivity contribution in [1.29, 1.82) is 0 Å². The fourth-order valence-electron chi connectivity index (χ4n) is 5.04. The van der Waals surface area contributed by atoms with E-state index in [2.05, 4.69) is 26.0 Å². The molecule has 4 aliphatic heterocycles. The zero-order valence-corrected chi connectivity index (χ0v) is 15.9. The van der Waals surface area contributed by atoms with Gasteiger partial charge in [0.2, 0.25) is 13.6 Å². The van der Waals surface area contributed by atoms with Crippen LogP contribution in [0.1, 0.15) is 37.2 Å². The fraction of sp³-hybridized carbons (Fsp3) is 0.455. The van der Waals surface area contributed by atoms with Gasteiger partial charge in [-0.3, -0.25) is 0 Å². The molecule has 0 spiro atoms. The Hall–Kier alpha value is -2.44. The minimum Gasteiger partial charge on any atom is -0.454 e. The Kier molecular flexibility index (Phi) is 3.27. The van der Waals surface area contributed by atoms with Crippen LogP contribution in [-0.2, 0) is 9.47 Å². The predicted molar refractivity (Wildman–Crippen MR) is 98.7 cm³/mol. The third-order valence-corrected chi connectivity index (χ3v) is 6.96. The van der Waals surface area contributed by atoms with Gasteiger partial charge in [0.1, 0.15) is 0 Å². The summed E-state index contributed by atoms with van der Waals surface area (Å²) < 4.78 is 34.8. The minimum atomic E-state index is -0.165. The molecule has 2 aromatic rings. The van der Waals surface area contributed by atoms with E-state index in [0.717, 1.165) is 34.1 Å². The molecule has 0 saturated carbocycles. The van der Waals surface area contributed by atoms with E-state index in [1.54, 1.807) is 0 Å². The quantitative estimate of drug-likeness (QED) is 0.783. The predicted octanol–water partition coefficient (Wildman–Crippen LogP) is 4.00. The summed E-state index contributed by atoms with van der Waals surface area (Å²) in [5.74, 6) is 3.14. The second-order valence-corrected chi connectivity index (χ2v) is 8.44. The minimum absolute atomic E-state index is 0.0639. The molecule has 4 heterocycles. The molecule has 4 atom stereocenters. The molecule has 4 unspecified atom stereocenters. The monoisotopic (exact) mass is 382 g/mol. The van der Waals surface area contributed by atoms with Gasteiger partial charge in [0.25, 0.3) is 0 Å². The molecule has 6 heteroatoms. The summed E-state index contributed by atoms with van der Waals surface area (Å²) in [5.41, 5.74) is 1.87. The Morgan fingerprint density at radius 2 is 1.07 bits per heavy atom. The van der Waals surface area contributed by atoms with Gasteiger partial charge < -0.3 is 28.4 Å². The van der Waals surface area contributed by atoms with Crippen LogP contribution in [0.25, 0.3) is 0 Å². The standard InChI is InChI=1S/C22H22O6/c1-21-9-23-20(14-4-6-16-18(8-14)28-12-26-16)22(21,2)10-24-19(21)13-3-5-15-17(7-13)27-11-25-15/h3-8,19-20H,9-12H2,1-2H3. The lowest BCUT2D eigenvalue weighted by Crippen LogP contribution is -2.37. The van der Waals surface area contributed by atoms with Crippen molar-refractivity contribution in [2.24, 2.45) is 10.8 Å². The summed E-state index contributed by atoms with van der Waals surface area (Å²) in [6, 6.07) is 12.2. The van der Waals surface area contributed by atoms with Crippen LogP contribution in [0.15, 0.2) is 36.4 Å². The highest BCUT2D eigenvalue weighted by atomic mass is 16.7. The maximum Gasteiger partial charge on any atom is 0.231 e. The van der Waals surface area contributed by atoms with E-state index < -0.39 is 0 Å². The van der Waals surface area contributed by atoms with Gasteiger partial charge in [-0.15, -0.1) is 0 Å². The van der Waals surface area contributed by atoms with E-state index in [1.807, 2.05) is 24.3 Å². The molecule has 28 heavy (non-hydrogen) atoms. The normalized spacial score (nSPS) is 34.6. The lowest BCUT2D eigenvalue weighted by atomic mass is 9.62. The summed E-state index contributed by atoms with van der Waals surface area (Å²) in [5, 5.41) is 0. The molecule has 0 radical (unpaired) electrons. The molecule has 146 valence electrons. The van der Waals surface area contributed by atoms with Gasteiger partial charge in [0.15, 0.2) is 23.0 Å². The van der Waals surface area contributed by atoms with Crippen LogP contribution in [0, 0.1) is 10.8 Å². The van der Waals surface area contributed by atoms with Crippen LogP contribution >= 0.6 is 0 Å². The molecule has 6 nitrogen and oxygen atoms in total. The van der Waals surface area contributed by atoms with Crippen LogP contribution < -0.4 is 18.9 Å². The first-order valence-corrected chi connectivity index (χ1v) is 9.61. The Bertz CT molecular complexity index is 881. The Balaban J connectivity index is 1.35. The summed E-state index contributed by atoms with van der Waals surface area (Å²) in [4.78, 5) is 0. The zero-order chi connectivity index (χ0) is 18.9. The number of rotatable bonds is 2. The van der Waals surface area contributed by atoms with Crippen molar-refractivity contribution in [3.8, 4) is 23.0 Å². The molecule has 2 saturated heterocycles. The van der Waals surface area contributed by atoms with Gasteiger partial charge in [0, 0.05) is 10.8 Å². The van der Waals surface area contributed by atoms with Gasteiger partial charge in [-0.1, -0.05) is 26.0 Å². The number of benzene rings is 2. The number of ether oxygens (including phenoxy) is 6. The Morgan fingerprint density at radius 1 is 0.643 bits per heavy atom. The highest BCUT2D eigenvalue weighted by molar-refractivity contribution is 5.47. The van der Waals surface area contributed by atoms with Gasteiger partial charge in [-0.2, -0.15) is 0 Å². The maximum atomic E-state index is 6.38.